The summed E-state index contributed by atoms with van der Waals surface area (Å²) in [5.74, 6) is -1.89. The first-order valence-corrected chi connectivity index (χ1v) is 13.8. The zero-order chi connectivity index (χ0) is 29.7. The monoisotopic (exact) mass is 616 g/mol. The summed E-state index contributed by atoms with van der Waals surface area (Å²) >= 11 is 12.8. The van der Waals surface area contributed by atoms with Crippen LogP contribution in [0, 0.1) is 0 Å². The molecule has 0 saturated carbocycles. The molecule has 0 unspecified atom stereocenters. The van der Waals surface area contributed by atoms with Crippen molar-refractivity contribution in [2.45, 2.75) is 13.8 Å². The molecule has 1 fully saturated rings. The van der Waals surface area contributed by atoms with E-state index < -0.39 is 35.5 Å². The molecule has 2 aromatic carbocycles. The van der Waals surface area contributed by atoms with Gasteiger partial charge < -0.3 is 19.2 Å². The molecule has 2 heterocycles. The van der Waals surface area contributed by atoms with Gasteiger partial charge in [-0.3, -0.25) is 19.3 Å². The van der Waals surface area contributed by atoms with E-state index in [1.807, 2.05) is 0 Å². The van der Waals surface area contributed by atoms with Crippen LogP contribution in [0.3, 0.4) is 0 Å². The summed E-state index contributed by atoms with van der Waals surface area (Å²) in [4.78, 5) is 63.1. The van der Waals surface area contributed by atoms with Crippen LogP contribution in [0.25, 0.3) is 17.4 Å². The second-order valence-corrected chi connectivity index (χ2v) is 10.2. The predicted molar refractivity (Wildman–Crippen MR) is 154 cm³/mol. The van der Waals surface area contributed by atoms with E-state index in [1.165, 1.54) is 30.3 Å². The zero-order valence-corrected chi connectivity index (χ0v) is 24.0. The summed E-state index contributed by atoms with van der Waals surface area (Å²) in [6.45, 7) is 3.12. The Morgan fingerprint density at radius 2 is 1.56 bits per heavy atom. The molecule has 3 amide bonds. The fraction of sp³-hybridized carbons (Fsp3) is 0.179. The van der Waals surface area contributed by atoms with Gasteiger partial charge >= 0.3 is 11.9 Å². The van der Waals surface area contributed by atoms with Crippen LogP contribution in [-0.4, -0.2) is 53.7 Å². The summed E-state index contributed by atoms with van der Waals surface area (Å²) in [5, 5.41) is 2.28. The number of ether oxygens (including phenoxy) is 2. The molecule has 1 aliphatic rings. The second kappa shape index (κ2) is 13.1. The Labute approximate surface area is 248 Å². The molecule has 0 atom stereocenters. The molecule has 1 N–H and O–H groups in total. The fourth-order valence-electron chi connectivity index (χ4n) is 3.71. The van der Waals surface area contributed by atoms with Gasteiger partial charge in [0.05, 0.1) is 39.3 Å². The van der Waals surface area contributed by atoms with Gasteiger partial charge in [0, 0.05) is 17.3 Å². The number of hydrogen-bond donors (Lipinski definition) is 1. The summed E-state index contributed by atoms with van der Waals surface area (Å²) in [7, 11) is 0. The van der Waals surface area contributed by atoms with E-state index >= 15 is 0 Å². The van der Waals surface area contributed by atoms with Crippen molar-refractivity contribution in [3.05, 3.63) is 80.4 Å². The van der Waals surface area contributed by atoms with E-state index in [1.54, 1.807) is 38.1 Å². The number of carbonyl (C=O) groups excluding carboxylic acids is 5. The number of benzene rings is 2. The minimum atomic E-state index is -0.674. The van der Waals surface area contributed by atoms with Crippen molar-refractivity contribution < 1.29 is 37.9 Å². The summed E-state index contributed by atoms with van der Waals surface area (Å²) < 4.78 is 15.8. The average molecular weight is 617 g/mol. The first-order valence-electron chi connectivity index (χ1n) is 12.2. The third-order valence-corrected chi connectivity index (χ3v) is 7.13. The largest absolute Gasteiger partial charge is 0.462 e. The van der Waals surface area contributed by atoms with Crippen molar-refractivity contribution in [3.8, 4) is 11.3 Å². The van der Waals surface area contributed by atoms with Crippen LogP contribution in [0.2, 0.25) is 10.0 Å². The number of thioether (sulfide) groups is 1. The maximum absolute atomic E-state index is 12.9. The summed E-state index contributed by atoms with van der Waals surface area (Å²) in [5.41, 5.74) is 1.03. The van der Waals surface area contributed by atoms with Crippen LogP contribution in [0.5, 0.6) is 0 Å². The number of nitrogens with zero attached hydrogens (tertiary/aromatic N) is 1. The summed E-state index contributed by atoms with van der Waals surface area (Å²) in [6.07, 6.45) is 1.39. The lowest BCUT2D eigenvalue weighted by Gasteiger charge is -2.13. The molecule has 0 radical (unpaired) electrons. The number of furan rings is 1. The first kappa shape index (κ1) is 29.9. The van der Waals surface area contributed by atoms with Gasteiger partial charge in [-0.2, -0.15) is 0 Å². The molecule has 10 nitrogen and oxygen atoms in total. The molecular weight excluding hydrogens is 595 g/mol. The topological polar surface area (TPSA) is 132 Å². The van der Waals surface area contributed by atoms with Crippen molar-refractivity contribution in [2.75, 3.05) is 25.1 Å². The average Bonchev–Trinajstić information content (AvgIpc) is 3.50. The number of imide groups is 1. The SMILES string of the molecule is CCOC(=O)c1cc(NC(=O)CN2C(=O)S/C(=C/c3ccc(-c4ccc(Cl)c(C(=O)OCC)c4)o3)C2=O)ccc1Cl. The zero-order valence-electron chi connectivity index (χ0n) is 21.7. The molecule has 0 spiro atoms. The van der Waals surface area contributed by atoms with E-state index in [0.717, 1.165) is 4.90 Å². The standard InChI is InChI=1S/C28H22Cl2N2O8S/c1-3-38-26(35)18-11-15(5-8-20(18)29)22-10-7-17(40-22)13-23-25(34)32(28(37)41-23)14-24(33)31-16-6-9-21(30)19(12-16)27(36)39-4-2/h5-13H,3-4,14H2,1-2H3,(H,31,33)/b23-13+. The number of hydrogen-bond acceptors (Lipinski definition) is 9. The molecule has 1 aliphatic heterocycles. The molecule has 1 aromatic heterocycles. The van der Waals surface area contributed by atoms with Crippen molar-refractivity contribution in [2.24, 2.45) is 0 Å². The van der Waals surface area contributed by atoms with E-state index in [0.29, 0.717) is 23.1 Å². The van der Waals surface area contributed by atoms with Crippen LogP contribution < -0.4 is 5.32 Å². The van der Waals surface area contributed by atoms with Crippen molar-refractivity contribution in [3.63, 3.8) is 0 Å². The minimum absolute atomic E-state index is 0.0584. The molecule has 13 heteroatoms. The highest BCUT2D eigenvalue weighted by atomic mass is 35.5. The van der Waals surface area contributed by atoms with Gasteiger partial charge in [0.25, 0.3) is 11.1 Å². The third-order valence-electron chi connectivity index (χ3n) is 5.57. The van der Waals surface area contributed by atoms with Crippen LogP contribution in [0.4, 0.5) is 10.5 Å². The number of halogens is 2. The number of nitrogens with one attached hydrogen (secondary N) is 1. The highest BCUT2D eigenvalue weighted by Gasteiger charge is 2.36. The van der Waals surface area contributed by atoms with Gasteiger partial charge in [-0.25, -0.2) is 9.59 Å². The molecule has 1 saturated heterocycles. The van der Waals surface area contributed by atoms with E-state index in [9.17, 15) is 24.0 Å². The lowest BCUT2D eigenvalue weighted by atomic mass is 10.1. The Hall–Kier alpha value is -4.06. The molecule has 41 heavy (non-hydrogen) atoms. The second-order valence-electron chi connectivity index (χ2n) is 8.35. The Morgan fingerprint density at radius 3 is 2.22 bits per heavy atom. The Morgan fingerprint density at radius 1 is 0.927 bits per heavy atom. The van der Waals surface area contributed by atoms with Gasteiger partial charge in [-0.1, -0.05) is 23.2 Å². The van der Waals surface area contributed by atoms with Crippen LogP contribution >= 0.6 is 35.0 Å². The van der Waals surface area contributed by atoms with Gasteiger partial charge in [-0.05, 0) is 74.1 Å². The summed E-state index contributed by atoms with van der Waals surface area (Å²) in [6, 6.07) is 12.2. The van der Waals surface area contributed by atoms with E-state index in [4.69, 9.17) is 37.1 Å². The van der Waals surface area contributed by atoms with Gasteiger partial charge in [0.2, 0.25) is 5.91 Å². The smallest absolute Gasteiger partial charge is 0.339 e. The highest BCUT2D eigenvalue weighted by molar-refractivity contribution is 8.18. The predicted octanol–water partition coefficient (Wildman–Crippen LogP) is 6.28. The van der Waals surface area contributed by atoms with Crippen LogP contribution in [-0.2, 0) is 19.1 Å². The fourth-order valence-corrected chi connectivity index (χ4v) is 4.92. The molecular formula is C28H22Cl2N2O8S. The Balaban J connectivity index is 1.45. The van der Waals surface area contributed by atoms with Gasteiger partial charge in [0.1, 0.15) is 18.1 Å². The maximum Gasteiger partial charge on any atom is 0.339 e. The molecule has 212 valence electrons. The number of esters is 2. The number of amides is 3. The Kier molecular flexibility index (Phi) is 9.53. The Bertz CT molecular complexity index is 1580. The minimum Gasteiger partial charge on any atom is -0.462 e. The van der Waals surface area contributed by atoms with Crippen molar-refractivity contribution in [1.29, 1.82) is 0 Å². The lowest BCUT2D eigenvalue weighted by molar-refractivity contribution is -0.127. The quantitative estimate of drug-likeness (QED) is 0.218. The molecule has 0 bridgehead atoms. The normalized spacial score (nSPS) is 14.0. The van der Waals surface area contributed by atoms with Crippen LogP contribution in [0.1, 0.15) is 40.3 Å². The van der Waals surface area contributed by atoms with Crippen molar-refractivity contribution >= 4 is 75.7 Å². The number of rotatable bonds is 9. The lowest BCUT2D eigenvalue weighted by Crippen LogP contribution is -2.36. The highest BCUT2D eigenvalue weighted by Crippen LogP contribution is 2.34. The van der Waals surface area contributed by atoms with Gasteiger partial charge in [-0.15, -0.1) is 0 Å². The van der Waals surface area contributed by atoms with Crippen LogP contribution in [0.15, 0.2) is 57.9 Å². The maximum atomic E-state index is 12.9. The van der Waals surface area contributed by atoms with Crippen molar-refractivity contribution in [1.82, 2.24) is 4.90 Å². The molecule has 3 aromatic rings. The number of carbonyl (C=O) groups is 5. The first-order chi connectivity index (χ1) is 19.6. The van der Waals surface area contributed by atoms with E-state index in [2.05, 4.69) is 5.32 Å². The molecule has 0 aliphatic carbocycles. The van der Waals surface area contributed by atoms with Gasteiger partial charge in [0.15, 0.2) is 0 Å². The third kappa shape index (κ3) is 6.99. The van der Waals surface area contributed by atoms with E-state index in [-0.39, 0.29) is 50.7 Å². The number of anilines is 1. The molecule has 4 rings (SSSR count).